The monoisotopic (exact) mass is 294 g/mol. The first-order chi connectivity index (χ1) is 10.1. The predicted molar refractivity (Wildman–Crippen MR) is 82.9 cm³/mol. The Hall–Kier alpha value is -1.30. The summed E-state index contributed by atoms with van der Waals surface area (Å²) in [4.78, 5) is 2.37. The summed E-state index contributed by atoms with van der Waals surface area (Å²) in [6.07, 6.45) is 0.416. The van der Waals surface area contributed by atoms with Crippen LogP contribution in [0.4, 0.5) is 0 Å². The van der Waals surface area contributed by atoms with E-state index in [0.717, 1.165) is 30.2 Å². The SMILES string of the molecule is COc1ccc(OC)c([C@@H](CN)N2C[C@@H](C)O[C@@H](C)C2)c1. The third-order valence-corrected chi connectivity index (χ3v) is 3.91. The molecule has 1 fully saturated rings. The van der Waals surface area contributed by atoms with Crippen LogP contribution in [0, 0.1) is 0 Å². The van der Waals surface area contributed by atoms with E-state index in [1.54, 1.807) is 14.2 Å². The van der Waals surface area contributed by atoms with Crippen molar-refractivity contribution in [2.24, 2.45) is 5.73 Å². The molecule has 1 aromatic carbocycles. The Morgan fingerprint density at radius 1 is 1.24 bits per heavy atom. The molecule has 1 heterocycles. The van der Waals surface area contributed by atoms with Crippen LogP contribution in [0.5, 0.6) is 11.5 Å². The van der Waals surface area contributed by atoms with Gasteiger partial charge in [-0.15, -0.1) is 0 Å². The molecule has 3 atom stereocenters. The van der Waals surface area contributed by atoms with Gasteiger partial charge in [-0.25, -0.2) is 0 Å². The quantitative estimate of drug-likeness (QED) is 0.897. The first-order valence-electron chi connectivity index (χ1n) is 7.40. The van der Waals surface area contributed by atoms with E-state index < -0.39 is 0 Å². The average molecular weight is 294 g/mol. The summed E-state index contributed by atoms with van der Waals surface area (Å²) < 4.78 is 16.7. The number of hydrogen-bond acceptors (Lipinski definition) is 5. The van der Waals surface area contributed by atoms with Crippen molar-refractivity contribution < 1.29 is 14.2 Å². The number of benzene rings is 1. The van der Waals surface area contributed by atoms with E-state index in [1.807, 2.05) is 18.2 Å². The minimum absolute atomic E-state index is 0.101. The zero-order valence-electron chi connectivity index (χ0n) is 13.3. The summed E-state index contributed by atoms with van der Waals surface area (Å²) in [5.74, 6) is 1.66. The van der Waals surface area contributed by atoms with Crippen molar-refractivity contribution in [3.8, 4) is 11.5 Å². The molecule has 1 aliphatic rings. The summed E-state index contributed by atoms with van der Waals surface area (Å²) in [6.45, 7) is 6.46. The van der Waals surface area contributed by atoms with Gasteiger partial charge in [0.2, 0.25) is 0 Å². The van der Waals surface area contributed by atoms with Crippen molar-refractivity contribution in [3.63, 3.8) is 0 Å². The van der Waals surface area contributed by atoms with E-state index in [4.69, 9.17) is 19.9 Å². The second-order valence-corrected chi connectivity index (χ2v) is 5.57. The molecule has 1 aliphatic heterocycles. The van der Waals surface area contributed by atoms with E-state index in [0.29, 0.717) is 6.54 Å². The number of morpholine rings is 1. The van der Waals surface area contributed by atoms with Gasteiger partial charge in [-0.05, 0) is 32.0 Å². The topological polar surface area (TPSA) is 57.0 Å². The number of hydrogen-bond donors (Lipinski definition) is 1. The molecule has 1 saturated heterocycles. The fraction of sp³-hybridized carbons (Fsp3) is 0.625. The Labute approximate surface area is 127 Å². The Morgan fingerprint density at radius 3 is 2.43 bits per heavy atom. The smallest absolute Gasteiger partial charge is 0.123 e. The lowest BCUT2D eigenvalue weighted by molar-refractivity contribution is -0.0801. The van der Waals surface area contributed by atoms with E-state index in [9.17, 15) is 0 Å². The molecule has 5 nitrogen and oxygen atoms in total. The summed E-state index contributed by atoms with van der Waals surface area (Å²) in [5.41, 5.74) is 7.13. The summed E-state index contributed by atoms with van der Waals surface area (Å²) in [6, 6.07) is 5.95. The molecule has 0 unspecified atom stereocenters. The summed E-state index contributed by atoms with van der Waals surface area (Å²) in [5, 5.41) is 0. The highest BCUT2D eigenvalue weighted by Crippen LogP contribution is 2.33. The van der Waals surface area contributed by atoms with E-state index in [2.05, 4.69) is 18.7 Å². The molecular weight excluding hydrogens is 268 g/mol. The third-order valence-electron chi connectivity index (χ3n) is 3.91. The number of nitrogens with two attached hydrogens (primary N) is 1. The highest BCUT2D eigenvalue weighted by molar-refractivity contribution is 5.42. The first-order valence-corrected chi connectivity index (χ1v) is 7.40. The molecule has 21 heavy (non-hydrogen) atoms. The van der Waals surface area contributed by atoms with Gasteiger partial charge < -0.3 is 19.9 Å². The standard InChI is InChI=1S/C16H26N2O3/c1-11-9-18(10-12(2)21-11)15(8-17)14-7-13(19-3)5-6-16(14)20-4/h5-7,11-12,15H,8-10,17H2,1-4H3/t11-,12+,15-/m1/s1. The van der Waals surface area contributed by atoms with Crippen molar-refractivity contribution >= 4 is 0 Å². The Morgan fingerprint density at radius 2 is 1.90 bits per heavy atom. The Balaban J connectivity index is 2.31. The van der Waals surface area contributed by atoms with Crippen LogP contribution in [0.15, 0.2) is 18.2 Å². The lowest BCUT2D eigenvalue weighted by Crippen LogP contribution is -2.48. The number of rotatable bonds is 5. The van der Waals surface area contributed by atoms with Crippen LogP contribution in [0.3, 0.4) is 0 Å². The van der Waals surface area contributed by atoms with Gasteiger partial charge in [0.15, 0.2) is 0 Å². The number of methoxy groups -OCH3 is 2. The van der Waals surface area contributed by atoms with Crippen molar-refractivity contribution in [3.05, 3.63) is 23.8 Å². The molecule has 2 N–H and O–H groups in total. The molecular formula is C16H26N2O3. The molecule has 0 radical (unpaired) electrons. The molecule has 5 heteroatoms. The highest BCUT2D eigenvalue weighted by atomic mass is 16.5. The molecule has 0 spiro atoms. The van der Waals surface area contributed by atoms with Crippen molar-refractivity contribution in [1.82, 2.24) is 4.90 Å². The zero-order valence-corrected chi connectivity index (χ0v) is 13.3. The maximum absolute atomic E-state index is 6.06. The van der Waals surface area contributed by atoms with Gasteiger partial charge in [-0.1, -0.05) is 0 Å². The summed E-state index contributed by atoms with van der Waals surface area (Å²) in [7, 11) is 3.35. The third kappa shape index (κ3) is 3.67. The average Bonchev–Trinajstić information content (AvgIpc) is 2.47. The number of nitrogens with zero attached hydrogens (tertiary/aromatic N) is 1. The van der Waals surface area contributed by atoms with E-state index >= 15 is 0 Å². The minimum Gasteiger partial charge on any atom is -0.497 e. The molecule has 0 aliphatic carbocycles. The van der Waals surface area contributed by atoms with Gasteiger partial charge in [0.1, 0.15) is 11.5 Å². The van der Waals surface area contributed by atoms with Crippen LogP contribution in [-0.4, -0.2) is 51.0 Å². The second-order valence-electron chi connectivity index (χ2n) is 5.57. The van der Waals surface area contributed by atoms with Gasteiger partial charge in [-0.2, -0.15) is 0 Å². The van der Waals surface area contributed by atoms with Gasteiger partial charge in [-0.3, -0.25) is 4.90 Å². The second kappa shape index (κ2) is 7.11. The van der Waals surface area contributed by atoms with Crippen LogP contribution in [0.25, 0.3) is 0 Å². The minimum atomic E-state index is 0.101. The van der Waals surface area contributed by atoms with Gasteiger partial charge in [0.25, 0.3) is 0 Å². The Bertz CT molecular complexity index is 457. The maximum Gasteiger partial charge on any atom is 0.123 e. The van der Waals surface area contributed by atoms with Crippen molar-refractivity contribution in [2.45, 2.75) is 32.1 Å². The van der Waals surface area contributed by atoms with E-state index in [-0.39, 0.29) is 18.2 Å². The molecule has 0 amide bonds. The fourth-order valence-corrected chi connectivity index (χ4v) is 3.04. The Kier molecular flexibility index (Phi) is 5.45. The molecule has 0 aromatic heterocycles. The van der Waals surface area contributed by atoms with E-state index in [1.165, 1.54) is 0 Å². The van der Waals surface area contributed by atoms with Crippen LogP contribution >= 0.6 is 0 Å². The van der Waals surface area contributed by atoms with Crippen molar-refractivity contribution in [1.29, 1.82) is 0 Å². The molecule has 2 rings (SSSR count). The van der Waals surface area contributed by atoms with Crippen LogP contribution < -0.4 is 15.2 Å². The number of ether oxygens (including phenoxy) is 3. The van der Waals surface area contributed by atoms with Gasteiger partial charge in [0, 0.05) is 25.2 Å². The fourth-order valence-electron chi connectivity index (χ4n) is 3.04. The highest BCUT2D eigenvalue weighted by Gasteiger charge is 2.29. The largest absolute Gasteiger partial charge is 0.497 e. The maximum atomic E-state index is 6.06. The lowest BCUT2D eigenvalue weighted by Gasteiger charge is -2.40. The molecule has 0 saturated carbocycles. The first kappa shape index (κ1) is 16.1. The van der Waals surface area contributed by atoms with Gasteiger partial charge in [0.05, 0.1) is 32.5 Å². The van der Waals surface area contributed by atoms with Crippen molar-refractivity contribution in [2.75, 3.05) is 33.9 Å². The molecule has 118 valence electrons. The molecule has 1 aromatic rings. The normalized spacial score (nSPS) is 24.6. The van der Waals surface area contributed by atoms with Crippen LogP contribution in [-0.2, 0) is 4.74 Å². The van der Waals surface area contributed by atoms with Crippen LogP contribution in [0.1, 0.15) is 25.5 Å². The zero-order chi connectivity index (χ0) is 15.4. The van der Waals surface area contributed by atoms with Crippen LogP contribution in [0.2, 0.25) is 0 Å². The lowest BCUT2D eigenvalue weighted by atomic mass is 10.0. The van der Waals surface area contributed by atoms with Gasteiger partial charge >= 0.3 is 0 Å². The summed E-state index contributed by atoms with van der Waals surface area (Å²) >= 11 is 0. The predicted octanol–water partition coefficient (Wildman–Crippen LogP) is 1.81. The molecule has 0 bridgehead atoms.